The van der Waals surface area contributed by atoms with Gasteiger partial charge in [-0.15, -0.1) is 0 Å². The highest BCUT2D eigenvalue weighted by Crippen LogP contribution is 2.23. The topological polar surface area (TPSA) is 24.5 Å². The maximum Gasteiger partial charge on any atom is 0.0733 e. The van der Waals surface area contributed by atoms with Crippen LogP contribution in [0.15, 0.2) is 24.3 Å². The summed E-state index contributed by atoms with van der Waals surface area (Å²) < 4.78 is 5.32. The number of rotatable bonds is 3. The summed E-state index contributed by atoms with van der Waals surface area (Å²) in [6, 6.07) is 9.21. The summed E-state index contributed by atoms with van der Waals surface area (Å²) in [6.07, 6.45) is 1.19. The fraction of sp³-hybridized carbons (Fsp3) is 0.625. The molecule has 2 rings (SSSR count). The molecule has 0 saturated carbocycles. The zero-order chi connectivity index (χ0) is 13.7. The number of methoxy groups -OCH3 is 1. The molecule has 1 aliphatic heterocycles. The lowest BCUT2D eigenvalue weighted by atomic mass is 10.0. The highest BCUT2D eigenvalue weighted by Gasteiger charge is 2.18. The van der Waals surface area contributed by atoms with E-state index in [1.54, 1.807) is 7.11 Å². The number of nitrogens with zero attached hydrogens (tertiary/aromatic N) is 1. The van der Waals surface area contributed by atoms with Crippen LogP contribution in [-0.4, -0.2) is 32.8 Å². The molecule has 1 N–H and O–H groups in total. The van der Waals surface area contributed by atoms with Crippen LogP contribution in [0.25, 0.3) is 0 Å². The molecule has 19 heavy (non-hydrogen) atoms. The molecule has 0 bridgehead atoms. The number of nitrogens with one attached hydrogen (secondary N) is 1. The number of para-hydroxylation sites is 1. The van der Waals surface area contributed by atoms with Crippen LogP contribution in [0.1, 0.15) is 25.8 Å². The van der Waals surface area contributed by atoms with E-state index in [4.69, 9.17) is 4.74 Å². The third-order valence-electron chi connectivity index (χ3n) is 3.81. The molecular weight excluding hydrogens is 236 g/mol. The van der Waals surface area contributed by atoms with Gasteiger partial charge < -0.3 is 15.0 Å². The van der Waals surface area contributed by atoms with Crippen molar-refractivity contribution in [1.29, 1.82) is 0 Å². The minimum atomic E-state index is 0.597. The molecule has 0 aliphatic carbocycles. The Balaban J connectivity index is 2.17. The molecule has 1 aromatic rings. The van der Waals surface area contributed by atoms with Gasteiger partial charge >= 0.3 is 0 Å². The molecule has 0 aromatic heterocycles. The highest BCUT2D eigenvalue weighted by molar-refractivity contribution is 5.53. The third-order valence-corrected chi connectivity index (χ3v) is 3.81. The summed E-state index contributed by atoms with van der Waals surface area (Å²) in [6.45, 7) is 8.60. The zero-order valence-electron chi connectivity index (χ0n) is 12.4. The summed E-state index contributed by atoms with van der Waals surface area (Å²) in [5, 5.41) is 3.59. The van der Waals surface area contributed by atoms with Gasteiger partial charge in [0.05, 0.1) is 6.61 Å². The van der Waals surface area contributed by atoms with E-state index in [-0.39, 0.29) is 0 Å². The first-order valence-corrected chi connectivity index (χ1v) is 7.26. The van der Waals surface area contributed by atoms with Gasteiger partial charge in [0.15, 0.2) is 0 Å². The number of hydrogen-bond acceptors (Lipinski definition) is 3. The Morgan fingerprint density at radius 3 is 2.89 bits per heavy atom. The van der Waals surface area contributed by atoms with Gasteiger partial charge in [0, 0.05) is 37.5 Å². The Kier molecular flexibility index (Phi) is 5.23. The first-order chi connectivity index (χ1) is 9.20. The van der Waals surface area contributed by atoms with Crippen molar-refractivity contribution >= 4 is 5.69 Å². The van der Waals surface area contributed by atoms with E-state index in [1.807, 2.05) is 0 Å². The van der Waals surface area contributed by atoms with Gasteiger partial charge in [-0.3, -0.25) is 0 Å². The second-order valence-electron chi connectivity index (χ2n) is 5.71. The molecule has 2 atom stereocenters. The summed E-state index contributed by atoms with van der Waals surface area (Å²) in [7, 11) is 1.76. The van der Waals surface area contributed by atoms with E-state index in [0.29, 0.717) is 18.6 Å². The van der Waals surface area contributed by atoms with E-state index in [2.05, 4.69) is 48.3 Å². The lowest BCUT2D eigenvalue weighted by Gasteiger charge is -2.34. The van der Waals surface area contributed by atoms with Crippen molar-refractivity contribution in [3.05, 3.63) is 29.8 Å². The van der Waals surface area contributed by atoms with Gasteiger partial charge in [0.1, 0.15) is 0 Å². The Bertz CT molecular complexity index is 394. The number of hydrogen-bond donors (Lipinski definition) is 1. The van der Waals surface area contributed by atoms with E-state index in [0.717, 1.165) is 19.6 Å². The van der Waals surface area contributed by atoms with Crippen molar-refractivity contribution in [3.63, 3.8) is 0 Å². The van der Waals surface area contributed by atoms with Crippen LogP contribution in [0.4, 0.5) is 5.69 Å². The fourth-order valence-electron chi connectivity index (χ4n) is 2.70. The van der Waals surface area contributed by atoms with Crippen LogP contribution in [0.5, 0.6) is 0 Å². The van der Waals surface area contributed by atoms with Crippen molar-refractivity contribution in [2.24, 2.45) is 5.92 Å². The number of ether oxygens (including phenoxy) is 1. The van der Waals surface area contributed by atoms with E-state index < -0.39 is 0 Å². The molecule has 3 nitrogen and oxygen atoms in total. The molecule has 2 unspecified atom stereocenters. The van der Waals surface area contributed by atoms with Gasteiger partial charge in [-0.1, -0.05) is 25.1 Å². The third kappa shape index (κ3) is 3.95. The standard InChI is InChI=1S/C16H26N2O/c1-13-10-17-14(2)8-9-18(11-13)16-7-5-4-6-15(16)12-19-3/h4-7,13-14,17H,8-12H2,1-3H3. The first-order valence-electron chi connectivity index (χ1n) is 7.26. The van der Waals surface area contributed by atoms with Crippen LogP contribution in [0, 0.1) is 5.92 Å². The van der Waals surface area contributed by atoms with Crippen molar-refractivity contribution in [1.82, 2.24) is 5.32 Å². The van der Waals surface area contributed by atoms with Crippen LogP contribution >= 0.6 is 0 Å². The molecule has 0 radical (unpaired) electrons. The fourth-order valence-corrected chi connectivity index (χ4v) is 2.70. The Hall–Kier alpha value is -1.06. The average Bonchev–Trinajstić information content (AvgIpc) is 2.40. The highest BCUT2D eigenvalue weighted by atomic mass is 16.5. The normalized spacial score (nSPS) is 24.9. The predicted molar refractivity (Wildman–Crippen MR) is 80.6 cm³/mol. The maximum absolute atomic E-state index is 5.32. The van der Waals surface area contributed by atoms with E-state index in [9.17, 15) is 0 Å². The summed E-state index contributed by atoms with van der Waals surface area (Å²) >= 11 is 0. The average molecular weight is 262 g/mol. The Labute approximate surface area is 116 Å². The van der Waals surface area contributed by atoms with Crippen LogP contribution < -0.4 is 10.2 Å². The monoisotopic (exact) mass is 262 g/mol. The Morgan fingerprint density at radius 1 is 1.32 bits per heavy atom. The van der Waals surface area contributed by atoms with E-state index in [1.165, 1.54) is 17.7 Å². The second-order valence-corrected chi connectivity index (χ2v) is 5.71. The van der Waals surface area contributed by atoms with Gasteiger partial charge in [-0.2, -0.15) is 0 Å². The molecule has 0 amide bonds. The van der Waals surface area contributed by atoms with Crippen molar-refractivity contribution in [3.8, 4) is 0 Å². The van der Waals surface area contributed by atoms with E-state index >= 15 is 0 Å². The number of benzene rings is 1. The summed E-state index contributed by atoms with van der Waals surface area (Å²) in [5.74, 6) is 0.665. The lowest BCUT2D eigenvalue weighted by Crippen LogP contribution is -2.42. The van der Waals surface area contributed by atoms with Gasteiger partial charge in [0.25, 0.3) is 0 Å². The SMILES string of the molecule is COCc1ccccc1N1CCC(C)NCC(C)C1. The van der Waals surface area contributed by atoms with Crippen molar-refractivity contribution in [2.45, 2.75) is 32.9 Å². The van der Waals surface area contributed by atoms with Crippen molar-refractivity contribution in [2.75, 3.05) is 31.6 Å². The minimum Gasteiger partial charge on any atom is -0.380 e. The second kappa shape index (κ2) is 6.92. The zero-order valence-corrected chi connectivity index (χ0v) is 12.4. The number of anilines is 1. The molecule has 1 heterocycles. The summed E-state index contributed by atoms with van der Waals surface area (Å²) in [5.41, 5.74) is 2.63. The first kappa shape index (κ1) is 14.4. The largest absolute Gasteiger partial charge is 0.380 e. The molecule has 106 valence electrons. The summed E-state index contributed by atoms with van der Waals surface area (Å²) in [4.78, 5) is 2.52. The van der Waals surface area contributed by atoms with Crippen LogP contribution in [0.2, 0.25) is 0 Å². The molecule has 1 saturated heterocycles. The minimum absolute atomic E-state index is 0.597. The molecule has 0 spiro atoms. The van der Waals surface area contributed by atoms with Crippen LogP contribution in [0.3, 0.4) is 0 Å². The molecule has 1 fully saturated rings. The smallest absolute Gasteiger partial charge is 0.0733 e. The molecular formula is C16H26N2O. The van der Waals surface area contributed by atoms with Gasteiger partial charge in [0.2, 0.25) is 0 Å². The van der Waals surface area contributed by atoms with Crippen LogP contribution in [-0.2, 0) is 11.3 Å². The lowest BCUT2D eigenvalue weighted by molar-refractivity contribution is 0.185. The molecule has 3 heteroatoms. The van der Waals surface area contributed by atoms with Crippen molar-refractivity contribution < 1.29 is 4.74 Å². The molecule has 1 aliphatic rings. The van der Waals surface area contributed by atoms with Gasteiger partial charge in [-0.05, 0) is 31.9 Å². The maximum atomic E-state index is 5.32. The van der Waals surface area contributed by atoms with Gasteiger partial charge in [-0.25, -0.2) is 0 Å². The molecule has 1 aromatic carbocycles. The predicted octanol–water partition coefficient (Wildman–Crippen LogP) is 2.66. The quantitative estimate of drug-likeness (QED) is 0.906. The Morgan fingerprint density at radius 2 is 2.11 bits per heavy atom.